The SMILES string of the molecule is CCCC(C)N(C)S(=O)(=O)c1cccnc1NN. The molecular formula is C11H20N4O2S. The lowest BCUT2D eigenvalue weighted by Gasteiger charge is -2.24. The number of nitrogens with two attached hydrogens (primary N) is 1. The van der Waals surface area contributed by atoms with Crippen molar-refractivity contribution in [3.05, 3.63) is 18.3 Å². The van der Waals surface area contributed by atoms with Crippen LogP contribution in [0.15, 0.2) is 23.2 Å². The highest BCUT2D eigenvalue weighted by Crippen LogP contribution is 2.23. The van der Waals surface area contributed by atoms with Crippen molar-refractivity contribution in [2.75, 3.05) is 12.5 Å². The Morgan fingerprint density at radius 1 is 1.56 bits per heavy atom. The van der Waals surface area contributed by atoms with Gasteiger partial charge in [-0.2, -0.15) is 4.31 Å². The molecule has 1 atom stereocenters. The Balaban J connectivity index is 3.13. The van der Waals surface area contributed by atoms with Gasteiger partial charge in [0.1, 0.15) is 4.90 Å². The molecule has 1 heterocycles. The van der Waals surface area contributed by atoms with E-state index < -0.39 is 10.0 Å². The largest absolute Gasteiger partial charge is 0.307 e. The average molecular weight is 272 g/mol. The lowest BCUT2D eigenvalue weighted by atomic mass is 10.2. The summed E-state index contributed by atoms with van der Waals surface area (Å²) in [7, 11) is -2.00. The van der Waals surface area contributed by atoms with E-state index in [4.69, 9.17) is 5.84 Å². The molecule has 0 saturated carbocycles. The molecule has 0 fully saturated rings. The van der Waals surface area contributed by atoms with E-state index in [9.17, 15) is 8.42 Å². The number of nitrogens with zero attached hydrogens (tertiary/aromatic N) is 2. The molecule has 1 rings (SSSR count). The quantitative estimate of drug-likeness (QED) is 0.599. The van der Waals surface area contributed by atoms with Crippen molar-refractivity contribution in [1.82, 2.24) is 9.29 Å². The highest BCUT2D eigenvalue weighted by atomic mass is 32.2. The van der Waals surface area contributed by atoms with Gasteiger partial charge in [-0.05, 0) is 25.5 Å². The summed E-state index contributed by atoms with van der Waals surface area (Å²) >= 11 is 0. The third kappa shape index (κ3) is 2.98. The van der Waals surface area contributed by atoms with Gasteiger partial charge in [0.2, 0.25) is 10.0 Å². The predicted molar refractivity (Wildman–Crippen MR) is 71.4 cm³/mol. The molecule has 102 valence electrons. The second-order valence-electron chi connectivity index (χ2n) is 4.15. The van der Waals surface area contributed by atoms with Crippen LogP contribution in [0.3, 0.4) is 0 Å². The Hall–Kier alpha value is -1.18. The minimum absolute atomic E-state index is 0.0640. The molecule has 0 aliphatic heterocycles. The van der Waals surface area contributed by atoms with E-state index in [1.165, 1.54) is 16.6 Å². The number of sulfonamides is 1. The van der Waals surface area contributed by atoms with Crippen LogP contribution in [0.25, 0.3) is 0 Å². The maximum absolute atomic E-state index is 12.4. The number of hydrogen-bond donors (Lipinski definition) is 2. The lowest BCUT2D eigenvalue weighted by molar-refractivity contribution is 0.369. The van der Waals surface area contributed by atoms with Crippen molar-refractivity contribution in [1.29, 1.82) is 0 Å². The van der Waals surface area contributed by atoms with Crippen LogP contribution in [-0.2, 0) is 10.0 Å². The van der Waals surface area contributed by atoms with Crippen molar-refractivity contribution < 1.29 is 8.42 Å². The standard InChI is InChI=1S/C11H20N4O2S/c1-4-6-9(2)15(3)18(16,17)10-7-5-8-13-11(10)14-12/h5,7-9H,4,6,12H2,1-3H3,(H,13,14). The number of rotatable bonds is 6. The third-order valence-electron chi connectivity index (χ3n) is 2.89. The first-order chi connectivity index (χ1) is 8.45. The Kier molecular flexibility index (Phi) is 5.06. The number of hydrazine groups is 1. The summed E-state index contributed by atoms with van der Waals surface area (Å²) in [6.45, 7) is 3.90. The number of hydrogen-bond acceptors (Lipinski definition) is 5. The van der Waals surface area contributed by atoms with Gasteiger partial charge in [0, 0.05) is 19.3 Å². The maximum atomic E-state index is 12.4. The van der Waals surface area contributed by atoms with Gasteiger partial charge < -0.3 is 5.43 Å². The summed E-state index contributed by atoms with van der Waals surface area (Å²) < 4.78 is 26.2. The van der Waals surface area contributed by atoms with Gasteiger partial charge in [-0.3, -0.25) is 0 Å². The molecule has 7 heteroatoms. The molecule has 0 radical (unpaired) electrons. The zero-order valence-electron chi connectivity index (χ0n) is 10.9. The summed E-state index contributed by atoms with van der Waals surface area (Å²) in [6.07, 6.45) is 3.22. The van der Waals surface area contributed by atoms with E-state index in [-0.39, 0.29) is 16.8 Å². The van der Waals surface area contributed by atoms with Gasteiger partial charge in [-0.1, -0.05) is 13.3 Å². The minimum Gasteiger partial charge on any atom is -0.307 e. The molecule has 1 aromatic heterocycles. The number of anilines is 1. The maximum Gasteiger partial charge on any atom is 0.246 e. The van der Waals surface area contributed by atoms with Crippen LogP contribution in [0.5, 0.6) is 0 Å². The predicted octanol–water partition coefficient (Wildman–Crippen LogP) is 1.18. The zero-order chi connectivity index (χ0) is 13.8. The van der Waals surface area contributed by atoms with Gasteiger partial charge in [0.05, 0.1) is 0 Å². The van der Waals surface area contributed by atoms with Crippen molar-refractivity contribution in [2.24, 2.45) is 5.84 Å². The molecule has 1 unspecified atom stereocenters. The van der Waals surface area contributed by atoms with E-state index in [0.29, 0.717) is 0 Å². The number of aromatic nitrogens is 1. The number of nitrogen functional groups attached to an aromatic ring is 1. The van der Waals surface area contributed by atoms with Gasteiger partial charge in [0.25, 0.3) is 0 Å². The van der Waals surface area contributed by atoms with Crippen LogP contribution in [0, 0.1) is 0 Å². The molecule has 0 bridgehead atoms. The summed E-state index contributed by atoms with van der Waals surface area (Å²) in [5.41, 5.74) is 2.31. The van der Waals surface area contributed by atoms with Crippen LogP contribution in [0.2, 0.25) is 0 Å². The van der Waals surface area contributed by atoms with Crippen molar-refractivity contribution in [3.63, 3.8) is 0 Å². The molecule has 0 amide bonds. The Morgan fingerprint density at radius 3 is 2.78 bits per heavy atom. The van der Waals surface area contributed by atoms with Crippen LogP contribution in [0.1, 0.15) is 26.7 Å². The molecule has 0 saturated heterocycles. The van der Waals surface area contributed by atoms with Crippen molar-refractivity contribution >= 4 is 15.8 Å². The monoisotopic (exact) mass is 272 g/mol. The Labute approximate surface area is 108 Å². The van der Waals surface area contributed by atoms with Gasteiger partial charge in [-0.25, -0.2) is 19.2 Å². The fourth-order valence-electron chi connectivity index (χ4n) is 1.70. The summed E-state index contributed by atoms with van der Waals surface area (Å²) in [5, 5.41) is 0. The molecule has 0 aliphatic rings. The Bertz CT molecular complexity index is 490. The zero-order valence-corrected chi connectivity index (χ0v) is 11.7. The van der Waals surface area contributed by atoms with E-state index in [2.05, 4.69) is 10.4 Å². The summed E-state index contributed by atoms with van der Waals surface area (Å²) in [5.74, 6) is 5.45. The average Bonchev–Trinajstić information content (AvgIpc) is 2.38. The van der Waals surface area contributed by atoms with Crippen LogP contribution < -0.4 is 11.3 Å². The smallest absolute Gasteiger partial charge is 0.246 e. The van der Waals surface area contributed by atoms with E-state index in [1.54, 1.807) is 13.1 Å². The topological polar surface area (TPSA) is 88.3 Å². The van der Waals surface area contributed by atoms with Crippen molar-refractivity contribution in [2.45, 2.75) is 37.6 Å². The molecule has 18 heavy (non-hydrogen) atoms. The molecule has 0 aliphatic carbocycles. The van der Waals surface area contributed by atoms with E-state index in [1.807, 2.05) is 13.8 Å². The van der Waals surface area contributed by atoms with Crippen LogP contribution >= 0.6 is 0 Å². The molecule has 3 N–H and O–H groups in total. The first kappa shape index (κ1) is 14.9. The second-order valence-corrected chi connectivity index (χ2v) is 6.12. The normalized spacial score (nSPS) is 13.6. The van der Waals surface area contributed by atoms with E-state index in [0.717, 1.165) is 12.8 Å². The second kappa shape index (κ2) is 6.12. The summed E-state index contributed by atoms with van der Waals surface area (Å²) in [4.78, 5) is 4.00. The first-order valence-electron chi connectivity index (χ1n) is 5.84. The highest BCUT2D eigenvalue weighted by molar-refractivity contribution is 7.89. The molecule has 0 aromatic carbocycles. The van der Waals surface area contributed by atoms with Crippen molar-refractivity contribution in [3.8, 4) is 0 Å². The summed E-state index contributed by atoms with van der Waals surface area (Å²) in [6, 6.07) is 3.00. The first-order valence-corrected chi connectivity index (χ1v) is 7.28. The van der Waals surface area contributed by atoms with Gasteiger partial charge >= 0.3 is 0 Å². The van der Waals surface area contributed by atoms with Gasteiger partial charge in [-0.15, -0.1) is 0 Å². The third-order valence-corrected chi connectivity index (χ3v) is 4.90. The number of pyridine rings is 1. The number of nitrogens with one attached hydrogen (secondary N) is 1. The fourth-order valence-corrected chi connectivity index (χ4v) is 3.19. The lowest BCUT2D eigenvalue weighted by Crippen LogP contribution is -2.35. The molecule has 6 nitrogen and oxygen atoms in total. The minimum atomic E-state index is -3.57. The Morgan fingerprint density at radius 2 is 2.22 bits per heavy atom. The highest BCUT2D eigenvalue weighted by Gasteiger charge is 2.27. The van der Waals surface area contributed by atoms with Crippen LogP contribution in [-0.4, -0.2) is 30.8 Å². The van der Waals surface area contributed by atoms with Crippen LogP contribution in [0.4, 0.5) is 5.82 Å². The van der Waals surface area contributed by atoms with E-state index >= 15 is 0 Å². The molecular weight excluding hydrogens is 252 g/mol. The molecule has 1 aromatic rings. The van der Waals surface area contributed by atoms with Gasteiger partial charge in [0.15, 0.2) is 5.82 Å². The molecule has 0 spiro atoms. The fraction of sp³-hybridized carbons (Fsp3) is 0.545.